The summed E-state index contributed by atoms with van der Waals surface area (Å²) < 4.78 is 0.736. The van der Waals surface area contributed by atoms with Crippen LogP contribution in [0, 0.1) is 0 Å². The molecule has 3 nitrogen and oxygen atoms in total. The maximum absolute atomic E-state index is 11.2. The number of amides is 1. The van der Waals surface area contributed by atoms with Crippen molar-refractivity contribution in [3.8, 4) is 0 Å². The van der Waals surface area contributed by atoms with E-state index in [0.717, 1.165) is 11.0 Å². The van der Waals surface area contributed by atoms with Gasteiger partial charge < -0.3 is 9.80 Å². The van der Waals surface area contributed by atoms with Gasteiger partial charge in [0.1, 0.15) is 0 Å². The average molecular weight is 159 g/mol. The van der Waals surface area contributed by atoms with E-state index in [1.807, 2.05) is 6.92 Å². The molecule has 0 aliphatic carbocycles. The second-order valence-electron chi connectivity index (χ2n) is 3.39. The van der Waals surface area contributed by atoms with Gasteiger partial charge in [0.2, 0.25) is 0 Å². The third kappa shape index (κ3) is 2.50. The van der Waals surface area contributed by atoms with Gasteiger partial charge >= 0.3 is 0 Å². The second kappa shape index (κ2) is 3.72. The third-order valence-electron chi connectivity index (χ3n) is 2.49. The summed E-state index contributed by atoms with van der Waals surface area (Å²) in [5.74, 6) is 0.108. The van der Waals surface area contributed by atoms with Crippen LogP contribution in [0.15, 0.2) is 0 Å². The second-order valence-corrected chi connectivity index (χ2v) is 3.39. The van der Waals surface area contributed by atoms with E-state index in [4.69, 9.17) is 0 Å². The average Bonchev–Trinajstić information content (AvgIpc) is 2.01. The Labute approximate surface area is 69.0 Å². The molecule has 11 heavy (non-hydrogen) atoms. The minimum Gasteiger partial charge on any atom is -0.354 e. The summed E-state index contributed by atoms with van der Waals surface area (Å²) in [7, 11) is 5.79. The summed E-state index contributed by atoms with van der Waals surface area (Å²) in [6.45, 7) is 5.00. The number of nitrogens with one attached hydrogen (secondary N) is 1. The number of nitrogens with zero attached hydrogens (tertiary/aromatic N) is 1. The monoisotopic (exact) mass is 159 g/mol. The van der Waals surface area contributed by atoms with Crippen molar-refractivity contribution in [2.24, 2.45) is 0 Å². The minimum absolute atomic E-state index is 0.0324. The SMILES string of the molecule is CC[N+](C)(C)C(C)C(=O)NC. The van der Waals surface area contributed by atoms with Crippen molar-refractivity contribution in [3.05, 3.63) is 0 Å². The Bertz CT molecular complexity index is 143. The fourth-order valence-electron chi connectivity index (χ4n) is 0.800. The molecule has 0 fully saturated rings. The zero-order valence-corrected chi connectivity index (χ0v) is 8.14. The predicted molar refractivity (Wildman–Crippen MR) is 46.2 cm³/mol. The molecule has 3 heteroatoms. The molecule has 0 saturated carbocycles. The highest BCUT2D eigenvalue weighted by Crippen LogP contribution is 2.04. The lowest BCUT2D eigenvalue weighted by Gasteiger charge is -2.33. The number of quaternary nitrogens is 1. The first-order chi connectivity index (χ1) is 4.95. The number of rotatable bonds is 3. The van der Waals surface area contributed by atoms with E-state index < -0.39 is 0 Å². The van der Waals surface area contributed by atoms with Gasteiger partial charge in [-0.3, -0.25) is 4.79 Å². The molecule has 0 heterocycles. The number of carbonyl (C=O) groups excluding carboxylic acids is 1. The summed E-state index contributed by atoms with van der Waals surface area (Å²) in [5.41, 5.74) is 0. The summed E-state index contributed by atoms with van der Waals surface area (Å²) in [6, 6.07) is 0.0324. The van der Waals surface area contributed by atoms with Gasteiger partial charge in [-0.1, -0.05) is 0 Å². The van der Waals surface area contributed by atoms with Crippen molar-refractivity contribution < 1.29 is 9.28 Å². The first-order valence-corrected chi connectivity index (χ1v) is 4.00. The molecule has 0 radical (unpaired) electrons. The molecule has 0 aromatic carbocycles. The van der Waals surface area contributed by atoms with Gasteiger partial charge in [0.05, 0.1) is 20.6 Å². The molecular weight excluding hydrogens is 140 g/mol. The first-order valence-electron chi connectivity index (χ1n) is 4.00. The van der Waals surface area contributed by atoms with Gasteiger partial charge in [0, 0.05) is 7.05 Å². The highest BCUT2D eigenvalue weighted by Gasteiger charge is 2.27. The third-order valence-corrected chi connectivity index (χ3v) is 2.49. The van der Waals surface area contributed by atoms with Gasteiger partial charge in [-0.05, 0) is 13.8 Å². The molecule has 0 aromatic rings. The topological polar surface area (TPSA) is 29.1 Å². The van der Waals surface area contributed by atoms with E-state index in [2.05, 4.69) is 26.3 Å². The molecule has 0 aliphatic heterocycles. The molecule has 0 rings (SSSR count). The van der Waals surface area contributed by atoms with Crippen LogP contribution in [0.1, 0.15) is 13.8 Å². The maximum atomic E-state index is 11.2. The van der Waals surface area contributed by atoms with Crippen molar-refractivity contribution in [1.29, 1.82) is 0 Å². The van der Waals surface area contributed by atoms with E-state index in [9.17, 15) is 4.79 Å². The number of hydrogen-bond acceptors (Lipinski definition) is 1. The fraction of sp³-hybridized carbons (Fsp3) is 0.875. The summed E-state index contributed by atoms with van der Waals surface area (Å²) in [5, 5.41) is 2.65. The molecule has 1 amide bonds. The predicted octanol–water partition coefficient (Wildman–Crippen LogP) is 0.217. The van der Waals surface area contributed by atoms with Crippen LogP contribution in [0.25, 0.3) is 0 Å². The van der Waals surface area contributed by atoms with Crippen molar-refractivity contribution in [2.75, 3.05) is 27.7 Å². The molecule has 0 bridgehead atoms. The standard InChI is InChI=1S/C8H18N2O/c1-6-10(4,5)7(2)8(11)9-3/h7H,6H2,1-5H3/p+1. The zero-order valence-electron chi connectivity index (χ0n) is 8.14. The van der Waals surface area contributed by atoms with E-state index in [1.54, 1.807) is 7.05 Å². The van der Waals surface area contributed by atoms with Crippen LogP contribution in [0.2, 0.25) is 0 Å². The van der Waals surface area contributed by atoms with Gasteiger partial charge in [-0.25, -0.2) is 0 Å². The van der Waals surface area contributed by atoms with Crippen LogP contribution in [0.3, 0.4) is 0 Å². The summed E-state index contributed by atoms with van der Waals surface area (Å²) in [4.78, 5) is 11.2. The molecule has 66 valence electrons. The van der Waals surface area contributed by atoms with E-state index >= 15 is 0 Å². The van der Waals surface area contributed by atoms with E-state index in [0.29, 0.717) is 0 Å². The minimum atomic E-state index is 0.0324. The number of likely N-dealkylation sites (N-methyl/N-ethyl adjacent to an activating group) is 2. The van der Waals surface area contributed by atoms with Crippen molar-refractivity contribution in [3.63, 3.8) is 0 Å². The van der Waals surface area contributed by atoms with Crippen molar-refractivity contribution in [2.45, 2.75) is 19.9 Å². The normalized spacial score (nSPS) is 14.3. The highest BCUT2D eigenvalue weighted by molar-refractivity contribution is 5.79. The van der Waals surface area contributed by atoms with Crippen LogP contribution in [0.5, 0.6) is 0 Å². The lowest BCUT2D eigenvalue weighted by molar-refractivity contribution is -0.902. The Hall–Kier alpha value is -0.570. The molecule has 0 spiro atoms. The summed E-state index contributed by atoms with van der Waals surface area (Å²) >= 11 is 0. The Morgan fingerprint density at radius 1 is 1.55 bits per heavy atom. The largest absolute Gasteiger partial charge is 0.354 e. The Morgan fingerprint density at radius 2 is 2.00 bits per heavy atom. The Balaban J connectivity index is 4.22. The van der Waals surface area contributed by atoms with Crippen LogP contribution in [-0.4, -0.2) is 44.1 Å². The Morgan fingerprint density at radius 3 is 2.27 bits per heavy atom. The fourth-order valence-corrected chi connectivity index (χ4v) is 0.800. The molecule has 0 saturated heterocycles. The number of hydrogen-bond donors (Lipinski definition) is 1. The van der Waals surface area contributed by atoms with Gasteiger partial charge in [-0.15, -0.1) is 0 Å². The lowest BCUT2D eigenvalue weighted by atomic mass is 10.2. The van der Waals surface area contributed by atoms with Gasteiger partial charge in [0.25, 0.3) is 5.91 Å². The molecule has 1 N–H and O–H groups in total. The lowest BCUT2D eigenvalue weighted by Crippen LogP contribution is -2.53. The molecule has 1 atom stereocenters. The van der Waals surface area contributed by atoms with Crippen LogP contribution in [0.4, 0.5) is 0 Å². The van der Waals surface area contributed by atoms with Gasteiger partial charge in [-0.2, -0.15) is 0 Å². The van der Waals surface area contributed by atoms with Crippen LogP contribution >= 0.6 is 0 Å². The molecular formula is C8H19N2O+. The van der Waals surface area contributed by atoms with Crippen LogP contribution < -0.4 is 5.32 Å². The van der Waals surface area contributed by atoms with Crippen molar-refractivity contribution in [1.82, 2.24) is 5.32 Å². The Kier molecular flexibility index (Phi) is 3.52. The van der Waals surface area contributed by atoms with E-state index in [-0.39, 0.29) is 11.9 Å². The molecule has 0 aliphatic rings. The quantitative estimate of drug-likeness (QED) is 0.586. The maximum Gasteiger partial charge on any atom is 0.277 e. The molecule has 1 unspecified atom stereocenters. The first kappa shape index (κ1) is 10.4. The van der Waals surface area contributed by atoms with Gasteiger partial charge in [0.15, 0.2) is 6.04 Å². The smallest absolute Gasteiger partial charge is 0.277 e. The van der Waals surface area contributed by atoms with Crippen LogP contribution in [-0.2, 0) is 4.79 Å². The van der Waals surface area contributed by atoms with E-state index in [1.165, 1.54) is 0 Å². The number of carbonyl (C=O) groups is 1. The highest BCUT2D eigenvalue weighted by atomic mass is 16.2. The van der Waals surface area contributed by atoms with Crippen molar-refractivity contribution >= 4 is 5.91 Å². The summed E-state index contributed by atoms with van der Waals surface area (Å²) in [6.07, 6.45) is 0. The molecule has 0 aromatic heterocycles. The zero-order chi connectivity index (χ0) is 9.07.